The van der Waals surface area contributed by atoms with Gasteiger partial charge in [0.2, 0.25) is 0 Å². The third kappa shape index (κ3) is 4.06. The number of non-ortho nitro benzene ring substituents is 1. The van der Waals surface area contributed by atoms with Crippen LogP contribution in [-0.4, -0.2) is 23.4 Å². The Morgan fingerprint density at radius 3 is 2.48 bits per heavy atom. The van der Waals surface area contributed by atoms with E-state index >= 15 is 0 Å². The number of nitrogens with zero attached hydrogens (tertiary/aromatic N) is 1. The zero-order valence-electron chi connectivity index (χ0n) is 13.9. The zero-order chi connectivity index (χ0) is 19.6. The minimum absolute atomic E-state index is 0.357. The molecule has 1 aliphatic carbocycles. The summed E-state index contributed by atoms with van der Waals surface area (Å²) in [5.74, 6) is -2.19. The van der Waals surface area contributed by atoms with Crippen molar-refractivity contribution in [3.05, 3.63) is 69.0 Å². The number of ether oxygens (including phenoxy) is 1. The second-order valence-corrected chi connectivity index (χ2v) is 6.57. The number of esters is 1. The van der Waals surface area contributed by atoms with Crippen LogP contribution in [0.5, 0.6) is 0 Å². The van der Waals surface area contributed by atoms with Gasteiger partial charge in [0.25, 0.3) is 11.6 Å². The highest BCUT2D eigenvalue weighted by Gasteiger charge is 2.52. The van der Waals surface area contributed by atoms with Crippen LogP contribution in [0.4, 0.5) is 15.8 Å². The summed E-state index contributed by atoms with van der Waals surface area (Å²) in [6.45, 7) is -0.629. The van der Waals surface area contributed by atoms with Crippen LogP contribution >= 0.6 is 11.6 Å². The first-order chi connectivity index (χ1) is 12.8. The quantitative estimate of drug-likeness (QED) is 0.460. The summed E-state index contributed by atoms with van der Waals surface area (Å²) in [5.41, 5.74) is -0.767. The highest BCUT2D eigenvalue weighted by atomic mass is 35.5. The van der Waals surface area contributed by atoms with Gasteiger partial charge in [-0.25, -0.2) is 4.39 Å². The van der Waals surface area contributed by atoms with Gasteiger partial charge in [-0.05, 0) is 36.6 Å². The lowest BCUT2D eigenvalue weighted by atomic mass is 9.96. The number of halogens is 2. The number of carbonyl (C=O) groups is 2. The Hall–Kier alpha value is -3.00. The van der Waals surface area contributed by atoms with E-state index in [9.17, 15) is 24.1 Å². The average Bonchev–Trinajstić information content (AvgIpc) is 3.44. The van der Waals surface area contributed by atoms with Crippen molar-refractivity contribution in [3.63, 3.8) is 0 Å². The maximum atomic E-state index is 13.7. The Balaban J connectivity index is 1.61. The van der Waals surface area contributed by atoms with Crippen molar-refractivity contribution in [1.29, 1.82) is 0 Å². The lowest BCUT2D eigenvalue weighted by Gasteiger charge is -2.15. The normalized spacial score (nSPS) is 14.3. The summed E-state index contributed by atoms with van der Waals surface area (Å²) in [5, 5.41) is 13.4. The minimum Gasteiger partial charge on any atom is -0.455 e. The van der Waals surface area contributed by atoms with E-state index in [1.807, 2.05) is 0 Å². The average molecular weight is 393 g/mol. The SMILES string of the molecule is O=C(COC(=O)C1(c2ccc(Cl)cc2)CC1)Nc1cc([N+](=O)[O-])ccc1F. The molecule has 2 aromatic rings. The number of hydrogen-bond donors (Lipinski definition) is 1. The first-order valence-corrected chi connectivity index (χ1v) is 8.37. The number of nitro groups is 1. The van der Waals surface area contributed by atoms with E-state index in [4.69, 9.17) is 16.3 Å². The standard InChI is InChI=1S/C18H14ClFN2O5/c19-12-3-1-11(2-4-12)18(7-8-18)17(24)27-10-16(23)21-15-9-13(22(25)26)5-6-14(15)20/h1-6,9H,7-8,10H2,(H,21,23). The molecule has 0 atom stereocenters. The Kier molecular flexibility index (Phi) is 5.09. The van der Waals surface area contributed by atoms with E-state index < -0.39 is 34.6 Å². The maximum absolute atomic E-state index is 13.7. The molecule has 1 N–H and O–H groups in total. The largest absolute Gasteiger partial charge is 0.455 e. The molecule has 0 unspecified atom stereocenters. The Morgan fingerprint density at radius 1 is 1.22 bits per heavy atom. The molecule has 2 aromatic carbocycles. The first-order valence-electron chi connectivity index (χ1n) is 7.99. The van der Waals surface area contributed by atoms with E-state index in [1.165, 1.54) is 0 Å². The van der Waals surface area contributed by atoms with Gasteiger partial charge in [-0.2, -0.15) is 0 Å². The predicted octanol–water partition coefficient (Wildman–Crippen LogP) is 3.60. The van der Waals surface area contributed by atoms with E-state index in [0.717, 1.165) is 23.8 Å². The smallest absolute Gasteiger partial charge is 0.317 e. The molecule has 0 spiro atoms. The van der Waals surface area contributed by atoms with E-state index in [1.54, 1.807) is 24.3 Å². The van der Waals surface area contributed by atoms with Crippen LogP contribution in [0.15, 0.2) is 42.5 Å². The monoisotopic (exact) mass is 392 g/mol. The number of amides is 1. The minimum atomic E-state index is -0.833. The number of benzene rings is 2. The molecule has 0 aromatic heterocycles. The molecule has 0 bridgehead atoms. The fourth-order valence-corrected chi connectivity index (χ4v) is 2.81. The first kappa shape index (κ1) is 18.8. The van der Waals surface area contributed by atoms with Crippen LogP contribution in [0.3, 0.4) is 0 Å². The summed E-state index contributed by atoms with van der Waals surface area (Å²) in [6.07, 6.45) is 1.18. The molecule has 0 heterocycles. The van der Waals surface area contributed by atoms with Crippen molar-refractivity contribution >= 4 is 34.9 Å². The van der Waals surface area contributed by atoms with Crippen LogP contribution < -0.4 is 5.32 Å². The summed E-state index contributed by atoms with van der Waals surface area (Å²) in [4.78, 5) is 34.3. The van der Waals surface area contributed by atoms with Crippen molar-refractivity contribution in [3.8, 4) is 0 Å². The third-order valence-electron chi connectivity index (χ3n) is 4.31. The second kappa shape index (κ2) is 7.32. The molecule has 0 aliphatic heterocycles. The van der Waals surface area contributed by atoms with Crippen molar-refractivity contribution in [2.45, 2.75) is 18.3 Å². The van der Waals surface area contributed by atoms with Gasteiger partial charge >= 0.3 is 5.97 Å². The molecule has 1 saturated carbocycles. The topological polar surface area (TPSA) is 98.5 Å². The van der Waals surface area contributed by atoms with Crippen LogP contribution in [0.2, 0.25) is 5.02 Å². The number of rotatable bonds is 6. The predicted molar refractivity (Wildman–Crippen MR) is 95.0 cm³/mol. The van der Waals surface area contributed by atoms with E-state index in [2.05, 4.69) is 5.32 Å². The molecule has 3 rings (SSSR count). The van der Waals surface area contributed by atoms with Gasteiger partial charge in [-0.15, -0.1) is 0 Å². The molecule has 27 heavy (non-hydrogen) atoms. The van der Waals surface area contributed by atoms with Gasteiger partial charge in [-0.3, -0.25) is 19.7 Å². The molecular weight excluding hydrogens is 379 g/mol. The number of carbonyl (C=O) groups excluding carboxylic acids is 2. The van der Waals surface area contributed by atoms with Crippen molar-refractivity contribution < 1.29 is 23.6 Å². The number of nitro benzene ring substituents is 1. The molecule has 0 saturated heterocycles. The van der Waals surface area contributed by atoms with Gasteiger partial charge in [-0.1, -0.05) is 23.7 Å². The summed E-state index contributed by atoms with van der Waals surface area (Å²) >= 11 is 5.84. The van der Waals surface area contributed by atoms with Gasteiger partial charge < -0.3 is 10.1 Å². The fraction of sp³-hybridized carbons (Fsp3) is 0.222. The summed E-state index contributed by atoms with van der Waals surface area (Å²) < 4.78 is 18.8. The third-order valence-corrected chi connectivity index (χ3v) is 4.56. The zero-order valence-corrected chi connectivity index (χ0v) is 14.7. The number of nitrogens with one attached hydrogen (secondary N) is 1. The van der Waals surface area contributed by atoms with Crippen LogP contribution in [-0.2, 0) is 19.7 Å². The van der Waals surface area contributed by atoms with Crippen LogP contribution in [0.25, 0.3) is 0 Å². The Labute approximate surface area is 158 Å². The number of anilines is 1. The number of hydrogen-bond acceptors (Lipinski definition) is 5. The molecule has 9 heteroatoms. The second-order valence-electron chi connectivity index (χ2n) is 6.13. The van der Waals surface area contributed by atoms with Gasteiger partial charge in [0.1, 0.15) is 5.82 Å². The lowest BCUT2D eigenvalue weighted by molar-refractivity contribution is -0.384. The van der Waals surface area contributed by atoms with E-state index in [-0.39, 0.29) is 11.4 Å². The molecule has 1 amide bonds. The van der Waals surface area contributed by atoms with Gasteiger partial charge in [0.05, 0.1) is 16.0 Å². The molecule has 7 nitrogen and oxygen atoms in total. The molecule has 140 valence electrons. The van der Waals surface area contributed by atoms with Gasteiger partial charge in [0.15, 0.2) is 6.61 Å². The fourth-order valence-electron chi connectivity index (χ4n) is 2.68. The van der Waals surface area contributed by atoms with Crippen LogP contribution in [0, 0.1) is 15.9 Å². The lowest BCUT2D eigenvalue weighted by Crippen LogP contribution is -2.28. The van der Waals surface area contributed by atoms with Crippen molar-refractivity contribution in [1.82, 2.24) is 0 Å². The Bertz CT molecular complexity index is 912. The maximum Gasteiger partial charge on any atom is 0.317 e. The highest BCUT2D eigenvalue weighted by Crippen LogP contribution is 2.49. The van der Waals surface area contributed by atoms with Crippen LogP contribution in [0.1, 0.15) is 18.4 Å². The van der Waals surface area contributed by atoms with Crippen molar-refractivity contribution in [2.24, 2.45) is 0 Å². The Morgan fingerprint density at radius 2 is 1.89 bits per heavy atom. The van der Waals surface area contributed by atoms with E-state index in [0.29, 0.717) is 17.9 Å². The molecule has 1 fully saturated rings. The summed E-state index contributed by atoms with van der Waals surface area (Å²) in [6, 6.07) is 9.55. The summed E-state index contributed by atoms with van der Waals surface area (Å²) in [7, 11) is 0. The van der Waals surface area contributed by atoms with Gasteiger partial charge in [0, 0.05) is 17.2 Å². The molecular formula is C18H14ClFN2O5. The highest BCUT2D eigenvalue weighted by molar-refractivity contribution is 6.30. The molecule has 0 radical (unpaired) electrons. The van der Waals surface area contributed by atoms with Crippen molar-refractivity contribution in [2.75, 3.05) is 11.9 Å². The molecule has 1 aliphatic rings.